The fourth-order valence-corrected chi connectivity index (χ4v) is 1.98. The third-order valence-corrected chi connectivity index (χ3v) is 3.36. The number of rotatable bonds is 14. The third kappa shape index (κ3) is 12.4. The minimum Gasteiger partial charge on any atom is -0.389 e. The molecular weight excluding hydrogens is 256 g/mol. The molecule has 4 N–H and O–H groups in total. The van der Waals surface area contributed by atoms with Gasteiger partial charge in [-0.1, -0.05) is 33.1 Å². The number of ether oxygens (including phenoxy) is 1. The van der Waals surface area contributed by atoms with Gasteiger partial charge in [0.1, 0.15) is 0 Å². The maximum Gasteiger partial charge on any atom is 0.217 e. The van der Waals surface area contributed by atoms with E-state index in [1.807, 2.05) is 0 Å². The van der Waals surface area contributed by atoms with Crippen LogP contribution in [0, 0.1) is 5.92 Å². The number of nitrogens with two attached hydrogens (primary N) is 1. The molecule has 0 aromatic carbocycles. The molecule has 20 heavy (non-hydrogen) atoms. The Morgan fingerprint density at radius 2 is 2.05 bits per heavy atom. The highest BCUT2D eigenvalue weighted by atomic mass is 16.5. The van der Waals surface area contributed by atoms with Gasteiger partial charge in [-0.25, -0.2) is 0 Å². The fourth-order valence-electron chi connectivity index (χ4n) is 1.98. The maximum atomic E-state index is 10.5. The second-order valence-electron chi connectivity index (χ2n) is 5.38. The summed E-state index contributed by atoms with van der Waals surface area (Å²) in [5, 5.41) is 12.8. The highest BCUT2D eigenvalue weighted by Crippen LogP contribution is 2.12. The quantitative estimate of drug-likeness (QED) is 0.422. The first kappa shape index (κ1) is 19.4. The van der Waals surface area contributed by atoms with Crippen molar-refractivity contribution in [3.05, 3.63) is 0 Å². The summed E-state index contributed by atoms with van der Waals surface area (Å²) in [4.78, 5) is 10.5. The SMILES string of the molecule is CCCCC(CC)COCC(O)CNCCCC(N)=O. The van der Waals surface area contributed by atoms with Crippen molar-refractivity contribution in [3.63, 3.8) is 0 Å². The summed E-state index contributed by atoms with van der Waals surface area (Å²) in [6, 6.07) is 0. The fraction of sp³-hybridized carbons (Fsp3) is 0.933. The van der Waals surface area contributed by atoms with E-state index < -0.39 is 6.10 Å². The summed E-state index contributed by atoms with van der Waals surface area (Å²) in [6.07, 6.45) is 5.38. The molecule has 0 bridgehead atoms. The monoisotopic (exact) mass is 288 g/mol. The van der Waals surface area contributed by atoms with E-state index in [1.54, 1.807) is 0 Å². The molecule has 0 spiro atoms. The van der Waals surface area contributed by atoms with E-state index in [2.05, 4.69) is 19.2 Å². The van der Waals surface area contributed by atoms with E-state index in [1.165, 1.54) is 19.3 Å². The van der Waals surface area contributed by atoms with Crippen molar-refractivity contribution in [2.45, 2.75) is 58.5 Å². The second kappa shape index (κ2) is 13.3. The highest BCUT2D eigenvalue weighted by molar-refractivity contribution is 5.73. The molecule has 2 unspecified atom stereocenters. The highest BCUT2D eigenvalue weighted by Gasteiger charge is 2.08. The number of aliphatic hydroxyl groups excluding tert-OH is 1. The van der Waals surface area contributed by atoms with E-state index in [4.69, 9.17) is 10.5 Å². The minimum absolute atomic E-state index is 0.284. The van der Waals surface area contributed by atoms with Gasteiger partial charge in [-0.15, -0.1) is 0 Å². The lowest BCUT2D eigenvalue weighted by Gasteiger charge is -2.17. The number of nitrogens with one attached hydrogen (secondary N) is 1. The topological polar surface area (TPSA) is 84.6 Å². The molecule has 0 aromatic rings. The van der Waals surface area contributed by atoms with Crippen molar-refractivity contribution in [2.24, 2.45) is 11.7 Å². The number of carbonyl (C=O) groups excluding carboxylic acids is 1. The van der Waals surface area contributed by atoms with Gasteiger partial charge in [0.15, 0.2) is 0 Å². The summed E-state index contributed by atoms with van der Waals surface area (Å²) in [5.41, 5.74) is 5.04. The van der Waals surface area contributed by atoms with Crippen molar-refractivity contribution < 1.29 is 14.6 Å². The van der Waals surface area contributed by atoms with Gasteiger partial charge in [0.05, 0.1) is 12.7 Å². The Morgan fingerprint density at radius 3 is 2.65 bits per heavy atom. The van der Waals surface area contributed by atoms with E-state index in [0.29, 0.717) is 38.5 Å². The van der Waals surface area contributed by atoms with E-state index in [0.717, 1.165) is 13.0 Å². The first-order chi connectivity index (χ1) is 9.60. The van der Waals surface area contributed by atoms with Gasteiger partial charge in [0, 0.05) is 19.6 Å². The largest absolute Gasteiger partial charge is 0.389 e. The zero-order valence-corrected chi connectivity index (χ0v) is 13.1. The third-order valence-electron chi connectivity index (χ3n) is 3.36. The van der Waals surface area contributed by atoms with Crippen LogP contribution in [0.2, 0.25) is 0 Å². The van der Waals surface area contributed by atoms with Crippen molar-refractivity contribution in [3.8, 4) is 0 Å². The summed E-state index contributed by atoms with van der Waals surface area (Å²) in [5.74, 6) is 0.319. The van der Waals surface area contributed by atoms with Gasteiger partial charge in [-0.2, -0.15) is 0 Å². The number of primary amides is 1. The van der Waals surface area contributed by atoms with Crippen molar-refractivity contribution in [2.75, 3.05) is 26.3 Å². The molecule has 0 aliphatic heterocycles. The van der Waals surface area contributed by atoms with Crippen LogP contribution in [0.25, 0.3) is 0 Å². The molecule has 0 aliphatic rings. The normalized spacial score (nSPS) is 14.2. The summed E-state index contributed by atoms with van der Waals surface area (Å²) in [7, 11) is 0. The molecule has 0 aromatic heterocycles. The Balaban J connectivity index is 3.47. The summed E-state index contributed by atoms with van der Waals surface area (Å²) in [6.45, 7) is 6.65. The van der Waals surface area contributed by atoms with Crippen molar-refractivity contribution >= 4 is 5.91 Å². The van der Waals surface area contributed by atoms with Gasteiger partial charge in [0.2, 0.25) is 5.91 Å². The molecule has 0 heterocycles. The van der Waals surface area contributed by atoms with Gasteiger partial charge in [-0.3, -0.25) is 4.79 Å². The lowest BCUT2D eigenvalue weighted by Crippen LogP contribution is -2.32. The molecule has 120 valence electrons. The molecule has 5 heteroatoms. The summed E-state index contributed by atoms with van der Waals surface area (Å²) >= 11 is 0. The standard InChI is InChI=1S/C15H32N2O3/c1-3-5-7-13(4-2)11-20-12-14(18)10-17-9-6-8-15(16)19/h13-14,17-18H,3-12H2,1-2H3,(H2,16,19). The van der Waals surface area contributed by atoms with Gasteiger partial charge < -0.3 is 20.9 Å². The zero-order chi connectivity index (χ0) is 15.2. The number of aliphatic hydroxyl groups is 1. The number of hydrogen-bond donors (Lipinski definition) is 3. The smallest absolute Gasteiger partial charge is 0.217 e. The average Bonchev–Trinajstić information content (AvgIpc) is 2.41. The maximum absolute atomic E-state index is 10.5. The second-order valence-corrected chi connectivity index (χ2v) is 5.38. The molecule has 0 aliphatic carbocycles. The minimum atomic E-state index is -0.493. The van der Waals surface area contributed by atoms with Crippen LogP contribution in [0.1, 0.15) is 52.4 Å². The summed E-state index contributed by atoms with van der Waals surface area (Å²) < 4.78 is 5.58. The Kier molecular flexibility index (Phi) is 12.9. The van der Waals surface area contributed by atoms with Crippen LogP contribution in [0.5, 0.6) is 0 Å². The zero-order valence-electron chi connectivity index (χ0n) is 13.1. The number of unbranched alkanes of at least 4 members (excludes halogenated alkanes) is 1. The number of carbonyl (C=O) groups is 1. The molecule has 5 nitrogen and oxygen atoms in total. The molecular formula is C15H32N2O3. The van der Waals surface area contributed by atoms with Crippen LogP contribution in [-0.4, -0.2) is 43.4 Å². The van der Waals surface area contributed by atoms with Gasteiger partial charge in [-0.05, 0) is 25.3 Å². The molecule has 0 fully saturated rings. The lowest BCUT2D eigenvalue weighted by atomic mass is 10.0. The van der Waals surface area contributed by atoms with Crippen molar-refractivity contribution in [1.82, 2.24) is 5.32 Å². The Labute approximate surface area is 123 Å². The molecule has 2 atom stereocenters. The van der Waals surface area contributed by atoms with Crippen LogP contribution >= 0.6 is 0 Å². The predicted molar refractivity (Wildman–Crippen MR) is 81.4 cm³/mol. The van der Waals surface area contributed by atoms with E-state index in [9.17, 15) is 9.90 Å². The molecule has 0 saturated carbocycles. The first-order valence-corrected chi connectivity index (χ1v) is 7.84. The number of amides is 1. The van der Waals surface area contributed by atoms with Crippen LogP contribution in [0.3, 0.4) is 0 Å². The van der Waals surface area contributed by atoms with Crippen LogP contribution in [-0.2, 0) is 9.53 Å². The van der Waals surface area contributed by atoms with Gasteiger partial charge in [0.25, 0.3) is 0 Å². The molecule has 0 rings (SSSR count). The van der Waals surface area contributed by atoms with Crippen LogP contribution in [0.4, 0.5) is 0 Å². The molecule has 1 amide bonds. The van der Waals surface area contributed by atoms with Crippen LogP contribution in [0.15, 0.2) is 0 Å². The molecule has 0 saturated heterocycles. The van der Waals surface area contributed by atoms with Crippen molar-refractivity contribution in [1.29, 1.82) is 0 Å². The Hall–Kier alpha value is -0.650. The predicted octanol–water partition coefficient (Wildman–Crippen LogP) is 1.44. The number of hydrogen-bond acceptors (Lipinski definition) is 4. The van der Waals surface area contributed by atoms with Gasteiger partial charge >= 0.3 is 0 Å². The Bertz CT molecular complexity index is 237. The lowest BCUT2D eigenvalue weighted by molar-refractivity contribution is -0.118. The average molecular weight is 288 g/mol. The Morgan fingerprint density at radius 1 is 1.30 bits per heavy atom. The van der Waals surface area contributed by atoms with E-state index >= 15 is 0 Å². The first-order valence-electron chi connectivity index (χ1n) is 7.84. The van der Waals surface area contributed by atoms with Crippen LogP contribution < -0.4 is 11.1 Å². The molecule has 0 radical (unpaired) electrons. The van der Waals surface area contributed by atoms with E-state index in [-0.39, 0.29) is 5.91 Å².